The number of hydrogen-bond donors (Lipinski definition) is 1. The van der Waals surface area contributed by atoms with Crippen molar-refractivity contribution in [1.82, 2.24) is 15.1 Å². The van der Waals surface area contributed by atoms with E-state index in [1.807, 2.05) is 4.90 Å². The van der Waals surface area contributed by atoms with Crippen LogP contribution in [0.15, 0.2) is 0 Å². The van der Waals surface area contributed by atoms with Crippen LogP contribution in [0.3, 0.4) is 0 Å². The highest BCUT2D eigenvalue weighted by Gasteiger charge is 2.51. The monoisotopic (exact) mass is 341 g/mol. The number of urea groups is 1. The predicted octanol–water partition coefficient (Wildman–Crippen LogP) is 0.789. The fraction of sp³-hybridized carbons (Fsp3) is 0.800. The molecule has 7 nitrogen and oxygen atoms in total. The van der Waals surface area contributed by atoms with Crippen molar-refractivity contribution in [2.75, 3.05) is 32.6 Å². The van der Waals surface area contributed by atoms with Gasteiger partial charge in [-0.2, -0.15) is 0 Å². The molecule has 3 fully saturated rings. The molecule has 1 saturated carbocycles. The van der Waals surface area contributed by atoms with Crippen LogP contribution in [-0.2, 0) is 14.3 Å². The van der Waals surface area contributed by atoms with Crippen LogP contribution in [-0.4, -0.2) is 71.1 Å². The first-order valence-corrected chi connectivity index (χ1v) is 9.16. The zero-order valence-electron chi connectivity index (χ0n) is 13.4. The van der Waals surface area contributed by atoms with Crippen molar-refractivity contribution in [3.63, 3.8) is 0 Å². The fourth-order valence-corrected chi connectivity index (χ4v) is 4.80. The number of nitrogens with zero attached hydrogens (tertiary/aromatic N) is 2. The van der Waals surface area contributed by atoms with Gasteiger partial charge in [-0.05, 0) is 12.8 Å². The number of nitrogens with one attached hydrogen (secondary N) is 1. The molecule has 3 amide bonds. The first-order chi connectivity index (χ1) is 11.1. The van der Waals surface area contributed by atoms with Crippen molar-refractivity contribution < 1.29 is 19.1 Å². The van der Waals surface area contributed by atoms with Gasteiger partial charge < -0.3 is 10.1 Å². The van der Waals surface area contributed by atoms with Gasteiger partial charge >= 0.3 is 12.0 Å². The lowest BCUT2D eigenvalue weighted by atomic mass is 9.82. The molecule has 3 aliphatic rings. The van der Waals surface area contributed by atoms with Crippen molar-refractivity contribution in [3.8, 4) is 0 Å². The molecule has 1 N–H and O–H groups in total. The van der Waals surface area contributed by atoms with E-state index in [1.54, 1.807) is 11.8 Å². The number of hydrogen-bond acceptors (Lipinski definition) is 6. The topological polar surface area (TPSA) is 79.0 Å². The first-order valence-electron chi connectivity index (χ1n) is 8.12. The van der Waals surface area contributed by atoms with Gasteiger partial charge in [0.2, 0.25) is 0 Å². The third-order valence-electron chi connectivity index (χ3n) is 4.91. The summed E-state index contributed by atoms with van der Waals surface area (Å²) < 4.78 is 4.79. The molecule has 0 aromatic heterocycles. The molecule has 0 aromatic rings. The van der Waals surface area contributed by atoms with E-state index < -0.39 is 5.54 Å². The maximum Gasteiger partial charge on any atom is 0.326 e. The summed E-state index contributed by atoms with van der Waals surface area (Å²) in [6.45, 7) is 1.50. The van der Waals surface area contributed by atoms with E-state index in [0.717, 1.165) is 44.4 Å². The Morgan fingerprint density at radius 1 is 1.35 bits per heavy atom. The maximum absolute atomic E-state index is 12.8. The fourth-order valence-electron chi connectivity index (χ4n) is 3.60. The standard InChI is InChI=1S/C15H23N3O4S/c1-22-12(19)11-9-17(7-8-23-11)10-18-13(20)15(16-14(18)21)5-3-2-4-6-15/h11H,2-10H2,1H3,(H,16,21)/t11-/m0/s1. The van der Waals surface area contributed by atoms with Gasteiger partial charge in [0.25, 0.3) is 5.91 Å². The van der Waals surface area contributed by atoms with E-state index in [9.17, 15) is 14.4 Å². The Bertz CT molecular complexity index is 507. The van der Waals surface area contributed by atoms with Gasteiger partial charge in [-0.3, -0.25) is 14.5 Å². The quantitative estimate of drug-likeness (QED) is 0.604. The summed E-state index contributed by atoms with van der Waals surface area (Å²) in [4.78, 5) is 40.0. The van der Waals surface area contributed by atoms with Crippen molar-refractivity contribution in [3.05, 3.63) is 0 Å². The molecule has 0 bridgehead atoms. The maximum atomic E-state index is 12.8. The highest BCUT2D eigenvalue weighted by molar-refractivity contribution is 8.00. The Hall–Kier alpha value is -1.28. The summed E-state index contributed by atoms with van der Waals surface area (Å²) >= 11 is 1.56. The molecular weight excluding hydrogens is 318 g/mol. The number of carbonyl (C=O) groups is 3. The Labute approximate surface area is 140 Å². The summed E-state index contributed by atoms with van der Waals surface area (Å²) in [5.74, 6) is 0.435. The van der Waals surface area contributed by atoms with Gasteiger partial charge in [-0.15, -0.1) is 11.8 Å². The second-order valence-corrected chi connectivity index (χ2v) is 7.72. The Morgan fingerprint density at radius 3 is 2.78 bits per heavy atom. The number of imide groups is 1. The van der Waals surface area contributed by atoms with E-state index in [1.165, 1.54) is 12.0 Å². The zero-order valence-corrected chi connectivity index (χ0v) is 14.2. The highest BCUT2D eigenvalue weighted by atomic mass is 32.2. The summed E-state index contributed by atoms with van der Waals surface area (Å²) in [6, 6.07) is -0.301. The van der Waals surface area contributed by atoms with E-state index in [-0.39, 0.29) is 29.8 Å². The Morgan fingerprint density at radius 2 is 2.09 bits per heavy atom. The van der Waals surface area contributed by atoms with Crippen LogP contribution in [0, 0.1) is 0 Å². The van der Waals surface area contributed by atoms with E-state index in [4.69, 9.17) is 4.74 Å². The molecule has 23 heavy (non-hydrogen) atoms. The van der Waals surface area contributed by atoms with Crippen LogP contribution in [0.1, 0.15) is 32.1 Å². The van der Waals surface area contributed by atoms with E-state index in [0.29, 0.717) is 6.54 Å². The van der Waals surface area contributed by atoms with Crippen LogP contribution in [0.5, 0.6) is 0 Å². The molecule has 0 radical (unpaired) electrons. The molecule has 0 unspecified atom stereocenters. The summed E-state index contributed by atoms with van der Waals surface area (Å²) in [6.07, 6.45) is 4.54. The average Bonchev–Trinajstić information content (AvgIpc) is 2.79. The number of methoxy groups -OCH3 is 1. The van der Waals surface area contributed by atoms with Crippen molar-refractivity contribution >= 4 is 29.7 Å². The lowest BCUT2D eigenvalue weighted by Gasteiger charge is -2.34. The largest absolute Gasteiger partial charge is 0.468 e. The van der Waals surface area contributed by atoms with Gasteiger partial charge in [-0.25, -0.2) is 9.69 Å². The number of esters is 1. The van der Waals surface area contributed by atoms with Gasteiger partial charge in [0, 0.05) is 18.8 Å². The predicted molar refractivity (Wildman–Crippen MR) is 85.9 cm³/mol. The molecule has 0 aromatic carbocycles. The third-order valence-corrected chi connectivity index (χ3v) is 6.07. The average molecular weight is 341 g/mol. The lowest BCUT2D eigenvalue weighted by molar-refractivity contribution is -0.140. The molecule has 8 heteroatoms. The SMILES string of the molecule is COC(=O)[C@@H]1CN(CN2C(=O)NC3(CCCCC3)C2=O)CCS1. The molecule has 1 spiro atoms. The molecule has 2 aliphatic heterocycles. The number of rotatable bonds is 3. The van der Waals surface area contributed by atoms with Gasteiger partial charge in [0.05, 0.1) is 13.8 Å². The van der Waals surface area contributed by atoms with Gasteiger partial charge in [0.1, 0.15) is 10.8 Å². The van der Waals surface area contributed by atoms with Crippen LogP contribution < -0.4 is 5.32 Å². The molecule has 2 heterocycles. The Balaban J connectivity index is 1.64. The first kappa shape index (κ1) is 16.6. The van der Waals surface area contributed by atoms with Crippen molar-refractivity contribution in [1.29, 1.82) is 0 Å². The summed E-state index contributed by atoms with van der Waals surface area (Å²) in [7, 11) is 1.38. The van der Waals surface area contributed by atoms with Crippen LogP contribution in [0.25, 0.3) is 0 Å². The summed E-state index contributed by atoms with van der Waals surface area (Å²) in [5, 5.41) is 2.67. The van der Waals surface area contributed by atoms with Crippen LogP contribution >= 0.6 is 11.8 Å². The molecule has 1 aliphatic carbocycles. The molecule has 2 saturated heterocycles. The second-order valence-electron chi connectivity index (χ2n) is 6.41. The Kier molecular flexibility index (Phi) is 4.82. The lowest BCUT2D eigenvalue weighted by Crippen LogP contribution is -2.51. The minimum Gasteiger partial charge on any atom is -0.468 e. The van der Waals surface area contributed by atoms with Crippen molar-refractivity contribution in [2.24, 2.45) is 0 Å². The highest BCUT2D eigenvalue weighted by Crippen LogP contribution is 2.34. The van der Waals surface area contributed by atoms with Gasteiger partial charge in [0.15, 0.2) is 0 Å². The molecule has 128 valence electrons. The normalized spacial score (nSPS) is 28.0. The number of ether oxygens (including phenoxy) is 1. The van der Waals surface area contributed by atoms with E-state index >= 15 is 0 Å². The number of carbonyl (C=O) groups excluding carboxylic acids is 3. The van der Waals surface area contributed by atoms with Crippen LogP contribution in [0.4, 0.5) is 4.79 Å². The number of thioether (sulfide) groups is 1. The van der Waals surface area contributed by atoms with Crippen LogP contribution in [0.2, 0.25) is 0 Å². The second kappa shape index (κ2) is 6.68. The molecule has 1 atom stereocenters. The minimum atomic E-state index is -0.679. The number of amides is 3. The third kappa shape index (κ3) is 3.19. The minimum absolute atomic E-state index is 0.102. The van der Waals surface area contributed by atoms with Gasteiger partial charge in [-0.1, -0.05) is 19.3 Å². The molecular formula is C15H23N3O4S. The molecule has 3 rings (SSSR count). The zero-order chi connectivity index (χ0) is 16.4. The van der Waals surface area contributed by atoms with E-state index in [2.05, 4.69) is 5.32 Å². The van der Waals surface area contributed by atoms with Crippen molar-refractivity contribution in [2.45, 2.75) is 42.9 Å². The summed E-state index contributed by atoms with van der Waals surface area (Å²) in [5.41, 5.74) is -0.679. The smallest absolute Gasteiger partial charge is 0.326 e.